The molecule has 0 saturated heterocycles. The molecule has 17 heavy (non-hydrogen) atoms. The summed E-state index contributed by atoms with van der Waals surface area (Å²) in [6.45, 7) is 0. The first-order valence-electron chi connectivity index (χ1n) is 5.54. The molecule has 0 amide bonds. The van der Waals surface area contributed by atoms with E-state index in [2.05, 4.69) is 0 Å². The van der Waals surface area contributed by atoms with Crippen molar-refractivity contribution in [2.75, 3.05) is 5.75 Å². The predicted octanol–water partition coefficient (Wildman–Crippen LogP) is 3.17. The average Bonchev–Trinajstić information content (AvgIpc) is 2.88. The number of rotatable bonds is 0. The predicted molar refractivity (Wildman–Crippen MR) is 61.1 cm³/mol. The van der Waals surface area contributed by atoms with Crippen LogP contribution in [0, 0.1) is 0 Å². The molecule has 1 aromatic carbocycles. The Bertz CT molecular complexity index is 471. The third-order valence-electron chi connectivity index (χ3n) is 3.78. The normalized spacial score (nSPS) is 31.4. The van der Waals surface area contributed by atoms with Crippen molar-refractivity contribution in [1.29, 1.82) is 0 Å². The fraction of sp³-hybridized carbons (Fsp3) is 0.500. The van der Waals surface area contributed by atoms with Gasteiger partial charge in [-0.3, -0.25) is 0 Å². The van der Waals surface area contributed by atoms with E-state index in [0.29, 0.717) is 0 Å². The van der Waals surface area contributed by atoms with Crippen molar-refractivity contribution in [3.8, 4) is 0 Å². The molecule has 1 saturated carbocycles. The number of thioether (sulfide) groups is 1. The van der Waals surface area contributed by atoms with Gasteiger partial charge in [0, 0.05) is 16.4 Å². The highest BCUT2D eigenvalue weighted by Crippen LogP contribution is 2.56. The molecule has 1 aliphatic heterocycles. The van der Waals surface area contributed by atoms with E-state index in [1.165, 1.54) is 12.1 Å². The van der Waals surface area contributed by atoms with Gasteiger partial charge >= 0.3 is 6.18 Å². The Morgan fingerprint density at radius 2 is 2.06 bits per heavy atom. The highest BCUT2D eigenvalue weighted by atomic mass is 32.2. The van der Waals surface area contributed by atoms with Crippen molar-refractivity contribution >= 4 is 11.8 Å². The van der Waals surface area contributed by atoms with Gasteiger partial charge in [-0.25, -0.2) is 0 Å². The standard InChI is InChI=1S/C12H12F3NS/c13-12(14,15)7-1-2-9-8(5-7)11(3-4-17-9)6-10(11)16/h1-2,5,10H,3-4,6,16H2. The van der Waals surface area contributed by atoms with Gasteiger partial charge in [0.25, 0.3) is 0 Å². The van der Waals surface area contributed by atoms with Gasteiger partial charge in [0.15, 0.2) is 0 Å². The minimum atomic E-state index is -4.27. The van der Waals surface area contributed by atoms with Crippen LogP contribution in [0.15, 0.2) is 23.1 Å². The second-order valence-corrected chi connectivity index (χ2v) is 5.91. The Hall–Kier alpha value is -0.680. The first-order chi connectivity index (χ1) is 7.93. The van der Waals surface area contributed by atoms with Gasteiger partial charge in [-0.15, -0.1) is 11.8 Å². The Kier molecular flexibility index (Phi) is 2.29. The van der Waals surface area contributed by atoms with Crippen LogP contribution in [-0.4, -0.2) is 11.8 Å². The van der Waals surface area contributed by atoms with Crippen LogP contribution in [0.25, 0.3) is 0 Å². The lowest BCUT2D eigenvalue weighted by molar-refractivity contribution is -0.137. The van der Waals surface area contributed by atoms with Gasteiger partial charge in [-0.05, 0) is 42.4 Å². The van der Waals surface area contributed by atoms with Crippen molar-refractivity contribution in [3.63, 3.8) is 0 Å². The fourth-order valence-corrected chi connectivity index (χ4v) is 3.90. The van der Waals surface area contributed by atoms with E-state index in [4.69, 9.17) is 5.73 Å². The van der Waals surface area contributed by atoms with Gasteiger partial charge < -0.3 is 5.73 Å². The van der Waals surface area contributed by atoms with Gasteiger partial charge in [0.2, 0.25) is 0 Å². The molecule has 1 heterocycles. The number of hydrogen-bond acceptors (Lipinski definition) is 2. The van der Waals surface area contributed by atoms with E-state index in [0.717, 1.165) is 29.1 Å². The molecule has 1 nitrogen and oxygen atoms in total. The number of hydrogen-bond donors (Lipinski definition) is 1. The maximum absolute atomic E-state index is 12.7. The summed E-state index contributed by atoms with van der Waals surface area (Å²) in [6, 6.07) is 4.09. The molecule has 0 bridgehead atoms. The molecular formula is C12H12F3NS. The number of fused-ring (bicyclic) bond motifs is 2. The van der Waals surface area contributed by atoms with Crippen LogP contribution in [0.4, 0.5) is 13.2 Å². The Labute approximate surface area is 102 Å². The molecule has 1 fully saturated rings. The Morgan fingerprint density at radius 1 is 1.35 bits per heavy atom. The number of alkyl halides is 3. The van der Waals surface area contributed by atoms with Crippen LogP contribution in [-0.2, 0) is 11.6 Å². The van der Waals surface area contributed by atoms with E-state index in [1.54, 1.807) is 17.8 Å². The van der Waals surface area contributed by atoms with Gasteiger partial charge in [0.05, 0.1) is 5.56 Å². The summed E-state index contributed by atoms with van der Waals surface area (Å²) in [5, 5.41) is 0. The maximum atomic E-state index is 12.7. The summed E-state index contributed by atoms with van der Waals surface area (Å²) in [5.41, 5.74) is 6.01. The first-order valence-corrected chi connectivity index (χ1v) is 6.52. The molecular weight excluding hydrogens is 247 g/mol. The lowest BCUT2D eigenvalue weighted by Crippen LogP contribution is -2.23. The Balaban J connectivity index is 2.09. The summed E-state index contributed by atoms with van der Waals surface area (Å²) < 4.78 is 38.1. The number of nitrogens with two attached hydrogens (primary N) is 1. The zero-order valence-electron chi connectivity index (χ0n) is 9.05. The highest BCUT2D eigenvalue weighted by Gasteiger charge is 2.55. The second-order valence-electron chi connectivity index (χ2n) is 4.77. The third-order valence-corrected chi connectivity index (χ3v) is 4.86. The molecule has 1 aliphatic carbocycles. The summed E-state index contributed by atoms with van der Waals surface area (Å²) in [6.07, 6.45) is -2.55. The SMILES string of the molecule is NC1CC12CCSc1ccc(C(F)(F)F)cc12. The molecule has 1 aromatic rings. The minimum Gasteiger partial charge on any atom is -0.327 e. The number of benzene rings is 1. The van der Waals surface area contributed by atoms with Gasteiger partial charge in [0.1, 0.15) is 0 Å². The topological polar surface area (TPSA) is 26.0 Å². The fourth-order valence-electron chi connectivity index (χ4n) is 2.63. The smallest absolute Gasteiger partial charge is 0.327 e. The van der Waals surface area contributed by atoms with Crippen LogP contribution in [0.3, 0.4) is 0 Å². The van der Waals surface area contributed by atoms with Crippen molar-refractivity contribution in [3.05, 3.63) is 29.3 Å². The molecule has 3 rings (SSSR count). The zero-order valence-corrected chi connectivity index (χ0v) is 9.87. The average molecular weight is 259 g/mol. The summed E-state index contributed by atoms with van der Waals surface area (Å²) in [7, 11) is 0. The van der Waals surface area contributed by atoms with E-state index in [-0.39, 0.29) is 11.5 Å². The van der Waals surface area contributed by atoms with Crippen molar-refractivity contribution in [2.45, 2.75) is 35.4 Å². The van der Waals surface area contributed by atoms with Crippen molar-refractivity contribution in [2.24, 2.45) is 5.73 Å². The summed E-state index contributed by atoms with van der Waals surface area (Å²) >= 11 is 1.63. The lowest BCUT2D eigenvalue weighted by atomic mass is 9.90. The molecule has 2 atom stereocenters. The van der Waals surface area contributed by atoms with E-state index < -0.39 is 11.7 Å². The Morgan fingerprint density at radius 3 is 2.65 bits per heavy atom. The molecule has 2 N–H and O–H groups in total. The first kappa shape index (κ1) is 11.4. The van der Waals surface area contributed by atoms with Crippen LogP contribution >= 0.6 is 11.8 Å². The molecule has 5 heteroatoms. The van der Waals surface area contributed by atoms with E-state index in [1.807, 2.05) is 0 Å². The van der Waals surface area contributed by atoms with Crippen LogP contribution in [0.2, 0.25) is 0 Å². The largest absolute Gasteiger partial charge is 0.416 e. The zero-order chi connectivity index (χ0) is 12.3. The minimum absolute atomic E-state index is 0.0330. The monoisotopic (exact) mass is 259 g/mol. The summed E-state index contributed by atoms with van der Waals surface area (Å²) in [5.74, 6) is 0.950. The molecule has 2 unspecified atom stereocenters. The molecule has 92 valence electrons. The summed E-state index contributed by atoms with van der Waals surface area (Å²) in [4.78, 5) is 0.970. The van der Waals surface area contributed by atoms with Crippen molar-refractivity contribution < 1.29 is 13.2 Å². The third kappa shape index (κ3) is 1.67. The van der Waals surface area contributed by atoms with Crippen molar-refractivity contribution in [1.82, 2.24) is 0 Å². The van der Waals surface area contributed by atoms with Crippen LogP contribution in [0.1, 0.15) is 24.0 Å². The quantitative estimate of drug-likeness (QED) is 0.774. The lowest BCUT2D eigenvalue weighted by Gasteiger charge is -2.26. The molecule has 0 radical (unpaired) electrons. The van der Waals surface area contributed by atoms with Crippen LogP contribution in [0.5, 0.6) is 0 Å². The van der Waals surface area contributed by atoms with Gasteiger partial charge in [-0.2, -0.15) is 13.2 Å². The molecule has 0 aromatic heterocycles. The van der Waals surface area contributed by atoms with Gasteiger partial charge in [-0.1, -0.05) is 0 Å². The van der Waals surface area contributed by atoms with E-state index in [9.17, 15) is 13.2 Å². The highest BCUT2D eigenvalue weighted by molar-refractivity contribution is 7.99. The maximum Gasteiger partial charge on any atom is 0.416 e. The second kappa shape index (κ2) is 3.42. The van der Waals surface area contributed by atoms with Crippen LogP contribution < -0.4 is 5.73 Å². The molecule has 1 spiro atoms. The number of halogens is 3. The molecule has 2 aliphatic rings. The van der Waals surface area contributed by atoms with E-state index >= 15 is 0 Å².